The van der Waals surface area contributed by atoms with Crippen molar-refractivity contribution >= 4 is 67.2 Å². The van der Waals surface area contributed by atoms with Crippen LogP contribution in [0.1, 0.15) is 61.6 Å². The first-order valence-corrected chi connectivity index (χ1v) is 20.0. The number of nitrogens with zero attached hydrogens (tertiary/aromatic N) is 3. The van der Waals surface area contributed by atoms with Gasteiger partial charge < -0.3 is 57.9 Å². The quantitative estimate of drug-likeness (QED) is 0.0529. The van der Waals surface area contributed by atoms with E-state index >= 15 is 4.39 Å². The molecular formula is C35H45FN4O23P-. The van der Waals surface area contributed by atoms with Gasteiger partial charge in [0.15, 0.2) is 42.6 Å². The molecule has 12 atom stereocenters. The van der Waals surface area contributed by atoms with Crippen LogP contribution in [0.3, 0.4) is 0 Å². The predicted octanol–water partition coefficient (Wildman–Crippen LogP) is -1.98. The fraction of sp³-hybridized carbons (Fsp3) is 0.629. The fourth-order valence-electron chi connectivity index (χ4n) is 6.39. The van der Waals surface area contributed by atoms with Gasteiger partial charge >= 0.3 is 61.1 Å². The van der Waals surface area contributed by atoms with Crippen LogP contribution in [0.5, 0.6) is 0 Å². The summed E-state index contributed by atoms with van der Waals surface area (Å²) in [6.45, 7) is 5.00. The molecule has 1 amide bonds. The molecule has 0 aromatic carbocycles. The number of esters is 7. The highest BCUT2D eigenvalue weighted by molar-refractivity contribution is 7.47. The summed E-state index contributed by atoms with van der Waals surface area (Å²) in [5, 5.41) is 13.6. The molecule has 2 aliphatic heterocycles. The van der Waals surface area contributed by atoms with Crippen molar-refractivity contribution in [3.8, 4) is 0 Å². The van der Waals surface area contributed by atoms with Crippen LogP contribution in [0.4, 0.5) is 10.2 Å². The Bertz CT molecular complexity index is 2100. The van der Waals surface area contributed by atoms with Gasteiger partial charge in [-0.2, -0.15) is 4.98 Å². The maximum atomic E-state index is 17.1. The van der Waals surface area contributed by atoms with Crippen molar-refractivity contribution in [2.45, 2.75) is 122 Å². The van der Waals surface area contributed by atoms with E-state index in [4.69, 9.17) is 46.9 Å². The first-order chi connectivity index (χ1) is 29.7. The Morgan fingerprint density at radius 2 is 1.50 bits per heavy atom. The molecule has 0 bridgehead atoms. The molecule has 3 heterocycles. The number of aliphatic imine (C=N–C) groups is 1. The highest BCUT2D eigenvalue weighted by Gasteiger charge is 2.68. The van der Waals surface area contributed by atoms with E-state index in [1.54, 1.807) is 0 Å². The van der Waals surface area contributed by atoms with E-state index in [-0.39, 0.29) is 5.82 Å². The molecule has 27 nitrogen and oxygen atoms in total. The molecule has 2 saturated heterocycles. The van der Waals surface area contributed by atoms with E-state index < -0.39 is 147 Å². The summed E-state index contributed by atoms with van der Waals surface area (Å²) in [6, 6.07) is -0.976. The number of halogens is 1. The molecule has 1 aromatic heterocycles. The largest absolute Gasteiger partial charge is 0.862 e. The first-order valence-electron chi connectivity index (χ1n) is 18.5. The van der Waals surface area contributed by atoms with Crippen LogP contribution in [-0.2, 0) is 94.6 Å². The molecule has 1 unspecified atom stereocenters. The van der Waals surface area contributed by atoms with Crippen LogP contribution in [0, 0.1) is 0 Å². The van der Waals surface area contributed by atoms with Gasteiger partial charge in [0.2, 0.25) is 12.1 Å². The monoisotopic (exact) mass is 939 g/mol. The second kappa shape index (κ2) is 22.1. The van der Waals surface area contributed by atoms with Crippen LogP contribution in [0.2, 0.25) is 0 Å². The van der Waals surface area contributed by atoms with Gasteiger partial charge in [0, 0.05) is 54.7 Å². The summed E-state index contributed by atoms with van der Waals surface area (Å²) in [5.74, 6) is -14.6. The third-order valence-corrected chi connectivity index (χ3v) is 9.45. The Morgan fingerprint density at radius 3 is 2.00 bits per heavy atom. The van der Waals surface area contributed by atoms with E-state index in [2.05, 4.69) is 20.0 Å². The van der Waals surface area contributed by atoms with Crippen molar-refractivity contribution in [3.05, 3.63) is 22.7 Å². The maximum absolute atomic E-state index is 17.1. The summed E-state index contributed by atoms with van der Waals surface area (Å²) in [7, 11) is -5.46. The van der Waals surface area contributed by atoms with Crippen LogP contribution < -0.4 is 16.1 Å². The molecule has 2 N–H and O–H groups in total. The van der Waals surface area contributed by atoms with Crippen molar-refractivity contribution in [2.75, 3.05) is 20.3 Å². The Kier molecular flexibility index (Phi) is 18.1. The zero-order valence-electron chi connectivity index (χ0n) is 35.4. The van der Waals surface area contributed by atoms with Crippen LogP contribution in [-0.4, -0.2) is 149 Å². The molecule has 0 saturated carbocycles. The SMILES string of the molecule is COC(=O)[C@@]1(OP(=O)(O)OC[C@H]2O[C@@H](n3ccc(N=C(C)[O-])nc3=O)[C@H](OC(C)=O)[C@@H]2OC(C)=O)O[C@@H]([C@H](OC(C)=O)[C@@H](COC(C)=O)OC(C)=O)[C@H](NC(C)=O)[C@@H](OC(C)=O)[C@H]1F. The molecular weight excluding hydrogens is 894 g/mol. The Balaban J connectivity index is 2.19. The number of rotatable bonds is 18. The van der Waals surface area contributed by atoms with Gasteiger partial charge in [-0.15, -0.1) is 0 Å². The Labute approximate surface area is 361 Å². The van der Waals surface area contributed by atoms with Crippen molar-refractivity contribution in [1.29, 1.82) is 0 Å². The minimum atomic E-state index is -6.09. The van der Waals surface area contributed by atoms with Gasteiger partial charge in [-0.1, -0.05) is 0 Å². The van der Waals surface area contributed by atoms with Gasteiger partial charge in [-0.25, -0.2) is 28.1 Å². The molecule has 2 fully saturated rings. The zero-order chi connectivity index (χ0) is 48.4. The maximum Gasteiger partial charge on any atom is 0.475 e. The molecule has 0 aliphatic carbocycles. The average Bonchev–Trinajstić information content (AvgIpc) is 3.47. The summed E-state index contributed by atoms with van der Waals surface area (Å²) >= 11 is 0. The smallest absolute Gasteiger partial charge is 0.475 e. The summed E-state index contributed by atoms with van der Waals surface area (Å²) in [4.78, 5) is 131. The highest BCUT2D eigenvalue weighted by atomic mass is 31.2. The number of methoxy groups -OCH3 is 1. The number of phosphoric ester groups is 1. The first kappa shape index (κ1) is 52.4. The number of aromatic nitrogens is 2. The Morgan fingerprint density at radius 1 is 0.922 bits per heavy atom. The predicted molar refractivity (Wildman–Crippen MR) is 199 cm³/mol. The third kappa shape index (κ3) is 13.8. The molecule has 64 heavy (non-hydrogen) atoms. The van der Waals surface area contributed by atoms with E-state index in [0.29, 0.717) is 7.11 Å². The van der Waals surface area contributed by atoms with Crippen molar-refractivity contribution in [1.82, 2.24) is 14.9 Å². The molecule has 0 spiro atoms. The highest BCUT2D eigenvalue weighted by Crippen LogP contribution is 2.53. The van der Waals surface area contributed by atoms with Crippen molar-refractivity contribution in [2.24, 2.45) is 4.99 Å². The third-order valence-electron chi connectivity index (χ3n) is 8.48. The van der Waals surface area contributed by atoms with E-state index in [9.17, 15) is 57.7 Å². The number of alkyl halides is 1. The molecule has 356 valence electrons. The van der Waals surface area contributed by atoms with E-state index in [1.165, 1.54) is 0 Å². The van der Waals surface area contributed by atoms with Gasteiger partial charge in [-0.05, 0) is 18.9 Å². The number of carbonyl (C=O) groups is 8. The lowest BCUT2D eigenvalue weighted by molar-refractivity contribution is -0.317. The summed E-state index contributed by atoms with van der Waals surface area (Å²) < 4.78 is 89.4. The Hall–Kier alpha value is -5.93. The fourth-order valence-corrected chi connectivity index (χ4v) is 7.34. The van der Waals surface area contributed by atoms with E-state index in [0.717, 1.165) is 72.2 Å². The topological polar surface area (TPSA) is 358 Å². The number of hydrogen-bond donors (Lipinski definition) is 2. The molecule has 1 aromatic rings. The molecule has 0 radical (unpaired) electrons. The minimum absolute atomic E-state index is 0.326. The normalized spacial score (nSPS) is 27.3. The number of phosphoric acid groups is 1. The van der Waals surface area contributed by atoms with Gasteiger partial charge in [0.1, 0.15) is 18.8 Å². The van der Waals surface area contributed by atoms with Gasteiger partial charge in [-0.3, -0.25) is 42.7 Å². The standard InChI is InChI=1S/C35H46FN4O23P/c1-14(41)37-24-10-11-40(34(50)39-24)32-30(60-21(8)48)27(58-19(6)46)23(61-32)13-55-64(51,52)63-35(33(49)53-9)31(36)29(59-20(7)47)25(38-15(2)42)28(62-35)26(57-18(5)45)22(56-17(4)44)12-54-16(3)43/h10-11,22-23,25-32H,12-13H2,1-9H3,(H,38,42)(H,51,52)(H,37,39,41,50)/p-1/t22-,23-,25+,26-,27-,28-,29-,30-,31-,32-,35-/m1/s1. The zero-order valence-corrected chi connectivity index (χ0v) is 36.3. The van der Waals surface area contributed by atoms with Gasteiger partial charge in [0.05, 0.1) is 19.8 Å². The average molecular weight is 940 g/mol. The second-order valence-corrected chi connectivity index (χ2v) is 15.0. The minimum Gasteiger partial charge on any atom is -0.862 e. The number of hydrogen-bond acceptors (Lipinski definition) is 24. The molecule has 3 rings (SSSR count). The lowest BCUT2D eigenvalue weighted by atomic mass is 9.86. The summed E-state index contributed by atoms with van der Waals surface area (Å²) in [5.41, 5.74) is -1.14. The number of nitrogens with one attached hydrogen (secondary N) is 1. The number of ether oxygens (including phenoxy) is 9. The van der Waals surface area contributed by atoms with Crippen LogP contribution >= 0.6 is 7.82 Å². The van der Waals surface area contributed by atoms with Crippen LogP contribution in [0.25, 0.3) is 0 Å². The lowest BCUT2D eigenvalue weighted by Crippen LogP contribution is -2.74. The van der Waals surface area contributed by atoms with Crippen molar-refractivity contribution in [3.63, 3.8) is 0 Å². The van der Waals surface area contributed by atoms with Crippen molar-refractivity contribution < 1.29 is 109 Å². The molecule has 2 aliphatic rings. The second-order valence-electron chi connectivity index (χ2n) is 13.6. The van der Waals surface area contributed by atoms with Crippen LogP contribution in [0.15, 0.2) is 22.1 Å². The van der Waals surface area contributed by atoms with Gasteiger partial charge in [0.25, 0.3) is 0 Å². The summed E-state index contributed by atoms with van der Waals surface area (Å²) in [6.07, 6.45) is -18.3. The number of amides is 1. The number of carbonyl (C=O) groups excluding carboxylic acids is 8. The van der Waals surface area contributed by atoms with E-state index in [1.807, 2.05) is 0 Å². The lowest BCUT2D eigenvalue weighted by Gasteiger charge is -2.49. The molecule has 29 heteroatoms.